The number of azo groups is 1. The van der Waals surface area contributed by atoms with Crippen molar-refractivity contribution in [3.8, 4) is 22.3 Å². The SMILES string of the molecule is [CH2-]C#CSC1CC(C)C2CCC(N=NC3C(SC#C[CH2-])CC4CC(N)CCC4C3C)CC2C1. The van der Waals surface area contributed by atoms with Crippen molar-refractivity contribution in [2.45, 2.75) is 100 Å². The molecule has 0 saturated heterocycles. The van der Waals surface area contributed by atoms with Crippen LogP contribution < -0.4 is 5.73 Å². The molecule has 0 aromatic carbocycles. The van der Waals surface area contributed by atoms with Crippen LogP contribution in [0.4, 0.5) is 0 Å². The van der Waals surface area contributed by atoms with Gasteiger partial charge < -0.3 is 5.73 Å². The van der Waals surface area contributed by atoms with Gasteiger partial charge in [0.05, 0.1) is 12.1 Å². The van der Waals surface area contributed by atoms with Gasteiger partial charge >= 0.3 is 0 Å². The Labute approximate surface area is 211 Å². The highest BCUT2D eigenvalue weighted by atomic mass is 32.2. The molecular weight excluding hydrogens is 442 g/mol. The predicted molar refractivity (Wildman–Crippen MR) is 143 cm³/mol. The lowest BCUT2D eigenvalue weighted by molar-refractivity contribution is 0.0872. The smallest absolute Gasteiger partial charge is 0.0848 e. The number of fused-ring (bicyclic) bond motifs is 2. The summed E-state index contributed by atoms with van der Waals surface area (Å²) in [6.07, 6.45) is 11.0. The number of thioether (sulfide) groups is 2. The van der Waals surface area contributed by atoms with Crippen molar-refractivity contribution in [3.63, 3.8) is 0 Å². The highest BCUT2D eigenvalue weighted by molar-refractivity contribution is 8.04. The van der Waals surface area contributed by atoms with Gasteiger partial charge in [-0.05, 0) is 98.5 Å². The molecule has 0 aliphatic heterocycles. The van der Waals surface area contributed by atoms with Gasteiger partial charge in [-0.3, -0.25) is 22.3 Å². The monoisotopic (exact) mass is 483 g/mol. The average Bonchev–Trinajstić information content (AvgIpc) is 2.80. The molecule has 4 aliphatic carbocycles. The van der Waals surface area contributed by atoms with Gasteiger partial charge in [-0.2, -0.15) is 47.6 Å². The molecule has 2 N–H and O–H groups in total. The van der Waals surface area contributed by atoms with E-state index in [9.17, 15) is 0 Å². The molecule has 0 heterocycles. The topological polar surface area (TPSA) is 50.7 Å². The van der Waals surface area contributed by atoms with E-state index in [0.29, 0.717) is 34.4 Å². The summed E-state index contributed by atoms with van der Waals surface area (Å²) < 4.78 is 0. The fourth-order valence-corrected chi connectivity index (χ4v) is 9.55. The third-order valence-electron chi connectivity index (χ3n) is 9.10. The molecule has 3 nitrogen and oxygen atoms in total. The van der Waals surface area contributed by atoms with Gasteiger partial charge in [0.2, 0.25) is 0 Å². The van der Waals surface area contributed by atoms with E-state index >= 15 is 0 Å². The Bertz CT molecular complexity index is 805. The first-order valence-corrected chi connectivity index (χ1v) is 14.8. The molecule has 4 aliphatic rings. The van der Waals surface area contributed by atoms with Gasteiger partial charge in [0.1, 0.15) is 0 Å². The third-order valence-corrected chi connectivity index (χ3v) is 11.1. The molecule has 4 rings (SSSR count). The van der Waals surface area contributed by atoms with Gasteiger partial charge in [-0.1, -0.05) is 13.8 Å². The van der Waals surface area contributed by atoms with E-state index in [-0.39, 0.29) is 6.04 Å². The van der Waals surface area contributed by atoms with Crippen molar-refractivity contribution in [3.05, 3.63) is 13.8 Å². The van der Waals surface area contributed by atoms with E-state index in [0.717, 1.165) is 36.5 Å². The van der Waals surface area contributed by atoms with Crippen LogP contribution in [0.2, 0.25) is 0 Å². The van der Waals surface area contributed by atoms with Crippen molar-refractivity contribution in [2.24, 2.45) is 51.5 Å². The Morgan fingerprint density at radius 3 is 2.30 bits per heavy atom. The maximum absolute atomic E-state index is 6.32. The molecule has 0 aromatic rings. The standard InChI is InChI=1S/C28H41N3S2/c1-5-11-32-24-13-18(3)25-10-8-23(15-21(25)16-24)30-31-28-19(4)26-9-7-22(29)14-20(26)17-27(28)33-12-6-2/h18-28H,1-2,7-10,13-17,29H2,3-4H3/q-2. The second kappa shape index (κ2) is 11.7. The quantitative estimate of drug-likeness (QED) is 0.278. The van der Waals surface area contributed by atoms with Crippen molar-refractivity contribution >= 4 is 23.5 Å². The van der Waals surface area contributed by atoms with Gasteiger partial charge in [-0.25, -0.2) is 0 Å². The average molecular weight is 484 g/mol. The predicted octanol–water partition coefficient (Wildman–Crippen LogP) is 6.60. The lowest BCUT2D eigenvalue weighted by Gasteiger charge is -2.48. The fraction of sp³-hybridized carbons (Fsp3) is 0.786. The Kier molecular flexibility index (Phi) is 8.94. The first-order chi connectivity index (χ1) is 16.0. The molecule has 4 fully saturated rings. The van der Waals surface area contributed by atoms with E-state index in [1.807, 2.05) is 0 Å². The van der Waals surface area contributed by atoms with E-state index in [2.05, 4.69) is 50.0 Å². The number of rotatable bonds is 4. The highest BCUT2D eigenvalue weighted by Gasteiger charge is 2.45. The molecular formula is C28H41N3S2-2. The summed E-state index contributed by atoms with van der Waals surface area (Å²) in [6, 6.07) is 1.02. The van der Waals surface area contributed by atoms with Gasteiger partial charge in [-0.15, -0.1) is 0 Å². The summed E-state index contributed by atoms with van der Waals surface area (Å²) in [5, 5.41) is 17.6. The molecule has 11 atom stereocenters. The molecule has 182 valence electrons. The fourth-order valence-electron chi connectivity index (χ4n) is 7.53. The van der Waals surface area contributed by atoms with E-state index in [1.54, 1.807) is 23.5 Å². The Balaban J connectivity index is 1.42. The van der Waals surface area contributed by atoms with E-state index in [4.69, 9.17) is 16.0 Å². The van der Waals surface area contributed by atoms with Crippen LogP contribution in [0.1, 0.15) is 71.6 Å². The lowest BCUT2D eigenvalue weighted by Crippen LogP contribution is -2.47. The summed E-state index contributed by atoms with van der Waals surface area (Å²) in [5.41, 5.74) is 6.32. The van der Waals surface area contributed by atoms with Crippen molar-refractivity contribution in [2.75, 3.05) is 0 Å². The summed E-state index contributed by atoms with van der Waals surface area (Å²) >= 11 is 3.55. The number of hydrogen-bond acceptors (Lipinski definition) is 5. The zero-order valence-electron chi connectivity index (χ0n) is 20.4. The lowest BCUT2D eigenvalue weighted by atomic mass is 9.63. The molecule has 11 unspecified atom stereocenters. The largest absolute Gasteiger partial charge is 0.328 e. The number of nitrogens with zero attached hydrogens (tertiary/aromatic N) is 2. The Morgan fingerprint density at radius 2 is 1.52 bits per heavy atom. The van der Waals surface area contributed by atoms with E-state index in [1.165, 1.54) is 44.9 Å². The first kappa shape index (κ1) is 25.2. The van der Waals surface area contributed by atoms with E-state index < -0.39 is 0 Å². The Morgan fingerprint density at radius 1 is 0.788 bits per heavy atom. The van der Waals surface area contributed by atoms with Crippen LogP contribution in [0.3, 0.4) is 0 Å². The van der Waals surface area contributed by atoms with Crippen LogP contribution in [0.5, 0.6) is 0 Å². The second-order valence-electron chi connectivity index (χ2n) is 11.1. The summed E-state index contributed by atoms with van der Waals surface area (Å²) in [7, 11) is 0. The van der Waals surface area contributed by atoms with Crippen molar-refractivity contribution in [1.29, 1.82) is 0 Å². The molecule has 5 heteroatoms. The maximum atomic E-state index is 6.32. The zero-order chi connectivity index (χ0) is 23.4. The molecule has 0 amide bonds. The number of nitrogens with two attached hydrogens (primary N) is 1. The van der Waals surface area contributed by atoms with Gasteiger partial charge in [0.15, 0.2) is 0 Å². The maximum Gasteiger partial charge on any atom is 0.0848 e. The van der Waals surface area contributed by atoms with Gasteiger partial charge in [0, 0.05) is 11.3 Å². The van der Waals surface area contributed by atoms with Crippen LogP contribution in [-0.2, 0) is 0 Å². The molecule has 0 aromatic heterocycles. The minimum Gasteiger partial charge on any atom is -0.328 e. The Hall–Kier alpha value is -0.880. The second-order valence-corrected chi connectivity index (χ2v) is 13.3. The van der Waals surface area contributed by atoms with Crippen LogP contribution in [-0.4, -0.2) is 28.6 Å². The molecule has 4 saturated carbocycles. The first-order valence-electron chi connectivity index (χ1n) is 13.0. The van der Waals surface area contributed by atoms with Crippen LogP contribution in [0.15, 0.2) is 10.2 Å². The molecule has 33 heavy (non-hydrogen) atoms. The van der Waals surface area contributed by atoms with Crippen LogP contribution in [0, 0.1) is 71.7 Å². The van der Waals surface area contributed by atoms with Crippen LogP contribution in [0.25, 0.3) is 0 Å². The van der Waals surface area contributed by atoms with Crippen molar-refractivity contribution in [1.82, 2.24) is 0 Å². The molecule has 0 radical (unpaired) electrons. The third kappa shape index (κ3) is 6.04. The summed E-state index contributed by atoms with van der Waals surface area (Å²) in [6.45, 7) is 12.3. The van der Waals surface area contributed by atoms with Gasteiger partial charge in [0.25, 0.3) is 0 Å². The number of hydrogen-bond donors (Lipinski definition) is 1. The highest BCUT2D eigenvalue weighted by Crippen LogP contribution is 2.49. The molecule has 0 bridgehead atoms. The minimum atomic E-state index is 0.269. The van der Waals surface area contributed by atoms with Crippen LogP contribution >= 0.6 is 23.5 Å². The summed E-state index contributed by atoms with van der Waals surface area (Å²) in [4.78, 5) is 0. The normalized spacial score (nSPS) is 45.1. The minimum absolute atomic E-state index is 0.269. The summed E-state index contributed by atoms with van der Waals surface area (Å²) in [5.74, 6) is 10.1. The molecule has 0 spiro atoms. The zero-order valence-corrected chi connectivity index (χ0v) is 22.1. The van der Waals surface area contributed by atoms with Crippen molar-refractivity contribution < 1.29 is 0 Å².